The SMILES string of the molecule is CCN1CCC[C@@H](Nc2ccc3cnccc3c2)C1. The lowest BCUT2D eigenvalue weighted by Gasteiger charge is -2.32. The maximum atomic E-state index is 4.15. The molecule has 1 aromatic carbocycles. The van der Waals surface area contributed by atoms with Gasteiger partial charge in [-0.2, -0.15) is 0 Å². The van der Waals surface area contributed by atoms with Crippen molar-refractivity contribution in [3.05, 3.63) is 36.7 Å². The Morgan fingerprint density at radius 3 is 3.16 bits per heavy atom. The van der Waals surface area contributed by atoms with Crippen LogP contribution in [-0.4, -0.2) is 35.6 Å². The molecule has 3 rings (SSSR count). The van der Waals surface area contributed by atoms with E-state index in [9.17, 15) is 0 Å². The van der Waals surface area contributed by atoms with Crippen molar-refractivity contribution in [3.63, 3.8) is 0 Å². The van der Waals surface area contributed by atoms with Gasteiger partial charge in [0.2, 0.25) is 0 Å². The van der Waals surface area contributed by atoms with E-state index in [1.54, 1.807) is 0 Å². The number of piperidine rings is 1. The average Bonchev–Trinajstić information content (AvgIpc) is 2.47. The van der Waals surface area contributed by atoms with Crippen LogP contribution in [0.5, 0.6) is 0 Å². The number of nitrogens with zero attached hydrogens (tertiary/aromatic N) is 2. The van der Waals surface area contributed by atoms with Crippen LogP contribution < -0.4 is 5.32 Å². The van der Waals surface area contributed by atoms with Crippen LogP contribution in [0.3, 0.4) is 0 Å². The lowest BCUT2D eigenvalue weighted by molar-refractivity contribution is 0.227. The lowest BCUT2D eigenvalue weighted by atomic mass is 10.0. The highest BCUT2D eigenvalue weighted by molar-refractivity contribution is 5.84. The van der Waals surface area contributed by atoms with Crippen LogP contribution in [0.15, 0.2) is 36.7 Å². The average molecular weight is 255 g/mol. The first kappa shape index (κ1) is 12.4. The van der Waals surface area contributed by atoms with E-state index in [1.165, 1.54) is 35.8 Å². The number of fused-ring (bicyclic) bond motifs is 1. The Hall–Kier alpha value is -1.61. The molecule has 0 amide bonds. The number of pyridine rings is 1. The Morgan fingerprint density at radius 2 is 2.26 bits per heavy atom. The van der Waals surface area contributed by atoms with E-state index in [0.717, 1.165) is 13.1 Å². The first-order valence-electron chi connectivity index (χ1n) is 7.18. The fourth-order valence-electron chi connectivity index (χ4n) is 2.87. The quantitative estimate of drug-likeness (QED) is 0.913. The Kier molecular flexibility index (Phi) is 3.65. The predicted molar refractivity (Wildman–Crippen MR) is 80.5 cm³/mol. The van der Waals surface area contributed by atoms with Crippen molar-refractivity contribution in [3.8, 4) is 0 Å². The molecule has 0 bridgehead atoms. The van der Waals surface area contributed by atoms with E-state index in [2.05, 4.69) is 46.4 Å². The molecule has 2 aromatic rings. The standard InChI is InChI=1S/C16H21N3/c1-2-19-9-3-4-16(12-19)18-15-6-5-14-11-17-8-7-13(14)10-15/h5-8,10-11,16,18H,2-4,9,12H2,1H3/t16-/m1/s1. The van der Waals surface area contributed by atoms with E-state index >= 15 is 0 Å². The topological polar surface area (TPSA) is 28.2 Å². The van der Waals surface area contributed by atoms with Crippen LogP contribution in [0.4, 0.5) is 5.69 Å². The van der Waals surface area contributed by atoms with Gasteiger partial charge in [-0.25, -0.2) is 0 Å². The number of likely N-dealkylation sites (N-methyl/N-ethyl adjacent to an activating group) is 1. The minimum absolute atomic E-state index is 0.577. The van der Waals surface area contributed by atoms with Gasteiger partial charge >= 0.3 is 0 Å². The first-order valence-corrected chi connectivity index (χ1v) is 7.18. The summed E-state index contributed by atoms with van der Waals surface area (Å²) in [5.74, 6) is 0. The van der Waals surface area contributed by atoms with Crippen LogP contribution in [0.2, 0.25) is 0 Å². The Balaban J connectivity index is 1.74. The Labute approximate surface area is 114 Å². The van der Waals surface area contributed by atoms with Gasteiger partial charge in [0.1, 0.15) is 0 Å². The first-order chi connectivity index (χ1) is 9.35. The number of hydrogen-bond donors (Lipinski definition) is 1. The molecule has 0 aliphatic carbocycles. The van der Waals surface area contributed by atoms with Crippen molar-refractivity contribution in [2.24, 2.45) is 0 Å². The summed E-state index contributed by atoms with van der Waals surface area (Å²) >= 11 is 0. The monoisotopic (exact) mass is 255 g/mol. The molecule has 1 aromatic heterocycles. The molecule has 1 saturated heterocycles. The highest BCUT2D eigenvalue weighted by Gasteiger charge is 2.18. The van der Waals surface area contributed by atoms with Crippen LogP contribution in [0.1, 0.15) is 19.8 Å². The summed E-state index contributed by atoms with van der Waals surface area (Å²) in [6.07, 6.45) is 6.33. The maximum Gasteiger partial charge on any atom is 0.0388 e. The van der Waals surface area contributed by atoms with Crippen LogP contribution in [0, 0.1) is 0 Å². The number of benzene rings is 1. The Bertz CT molecular complexity index is 552. The molecule has 0 radical (unpaired) electrons. The molecule has 1 N–H and O–H groups in total. The number of anilines is 1. The zero-order valence-corrected chi connectivity index (χ0v) is 11.5. The minimum atomic E-state index is 0.577. The summed E-state index contributed by atoms with van der Waals surface area (Å²) in [5.41, 5.74) is 1.22. The van der Waals surface area contributed by atoms with Crippen molar-refractivity contribution in [1.29, 1.82) is 0 Å². The fraction of sp³-hybridized carbons (Fsp3) is 0.438. The zero-order chi connectivity index (χ0) is 13.1. The number of aromatic nitrogens is 1. The van der Waals surface area contributed by atoms with Gasteiger partial charge in [0.15, 0.2) is 0 Å². The van der Waals surface area contributed by atoms with Gasteiger partial charge in [0.05, 0.1) is 0 Å². The van der Waals surface area contributed by atoms with E-state index in [-0.39, 0.29) is 0 Å². The molecule has 0 unspecified atom stereocenters. The molecule has 2 heterocycles. The zero-order valence-electron chi connectivity index (χ0n) is 11.5. The van der Waals surface area contributed by atoms with Crippen molar-refractivity contribution in [2.45, 2.75) is 25.8 Å². The molecule has 1 aliphatic rings. The number of rotatable bonds is 3. The van der Waals surface area contributed by atoms with Gasteiger partial charge in [-0.15, -0.1) is 0 Å². The van der Waals surface area contributed by atoms with E-state index in [1.807, 2.05) is 12.4 Å². The molecular formula is C16H21N3. The van der Waals surface area contributed by atoms with Crippen molar-refractivity contribution >= 4 is 16.5 Å². The Morgan fingerprint density at radius 1 is 1.32 bits per heavy atom. The van der Waals surface area contributed by atoms with Crippen LogP contribution in [0.25, 0.3) is 10.8 Å². The van der Waals surface area contributed by atoms with E-state index < -0.39 is 0 Å². The molecule has 100 valence electrons. The predicted octanol–water partition coefficient (Wildman–Crippen LogP) is 3.13. The largest absolute Gasteiger partial charge is 0.381 e. The van der Waals surface area contributed by atoms with Crippen molar-refractivity contribution in [1.82, 2.24) is 9.88 Å². The van der Waals surface area contributed by atoms with Crippen LogP contribution >= 0.6 is 0 Å². The number of nitrogens with one attached hydrogen (secondary N) is 1. The minimum Gasteiger partial charge on any atom is -0.381 e. The van der Waals surface area contributed by atoms with Crippen molar-refractivity contribution in [2.75, 3.05) is 25.0 Å². The third-order valence-corrected chi connectivity index (χ3v) is 3.96. The molecule has 1 fully saturated rings. The molecule has 3 heteroatoms. The summed E-state index contributed by atoms with van der Waals surface area (Å²) in [5, 5.41) is 6.13. The second-order valence-corrected chi connectivity index (χ2v) is 5.31. The summed E-state index contributed by atoms with van der Waals surface area (Å²) in [6, 6.07) is 9.18. The molecule has 1 atom stereocenters. The van der Waals surface area contributed by atoms with Gasteiger partial charge in [0.25, 0.3) is 0 Å². The number of hydrogen-bond acceptors (Lipinski definition) is 3. The molecule has 0 spiro atoms. The molecule has 1 aliphatic heterocycles. The number of likely N-dealkylation sites (tertiary alicyclic amines) is 1. The maximum absolute atomic E-state index is 4.15. The van der Waals surface area contributed by atoms with Gasteiger partial charge < -0.3 is 10.2 Å². The van der Waals surface area contributed by atoms with Gasteiger partial charge in [-0.05, 0) is 49.5 Å². The van der Waals surface area contributed by atoms with E-state index in [0.29, 0.717) is 6.04 Å². The molecule has 3 nitrogen and oxygen atoms in total. The third-order valence-electron chi connectivity index (χ3n) is 3.96. The van der Waals surface area contributed by atoms with Crippen molar-refractivity contribution < 1.29 is 0 Å². The van der Waals surface area contributed by atoms with Gasteiger partial charge in [-0.1, -0.05) is 13.0 Å². The normalized spacial score (nSPS) is 20.6. The lowest BCUT2D eigenvalue weighted by Crippen LogP contribution is -2.41. The summed E-state index contributed by atoms with van der Waals surface area (Å²) in [7, 11) is 0. The second kappa shape index (κ2) is 5.57. The fourth-order valence-corrected chi connectivity index (χ4v) is 2.87. The van der Waals surface area contributed by atoms with Gasteiger partial charge in [0, 0.05) is 36.1 Å². The third kappa shape index (κ3) is 2.87. The highest BCUT2D eigenvalue weighted by atomic mass is 15.2. The highest BCUT2D eigenvalue weighted by Crippen LogP contribution is 2.20. The summed E-state index contributed by atoms with van der Waals surface area (Å²) in [6.45, 7) is 5.80. The molecule has 19 heavy (non-hydrogen) atoms. The van der Waals surface area contributed by atoms with Gasteiger partial charge in [-0.3, -0.25) is 4.98 Å². The van der Waals surface area contributed by atoms with Crippen LogP contribution in [-0.2, 0) is 0 Å². The summed E-state index contributed by atoms with van der Waals surface area (Å²) in [4.78, 5) is 6.67. The van der Waals surface area contributed by atoms with E-state index in [4.69, 9.17) is 0 Å². The second-order valence-electron chi connectivity index (χ2n) is 5.31. The smallest absolute Gasteiger partial charge is 0.0388 e. The molecular weight excluding hydrogens is 234 g/mol. The molecule has 0 saturated carbocycles. The summed E-state index contributed by atoms with van der Waals surface area (Å²) < 4.78 is 0.